The molecule has 0 atom stereocenters. The first-order chi connectivity index (χ1) is 8.71. The van der Waals surface area contributed by atoms with E-state index in [1.807, 2.05) is 0 Å². The minimum atomic E-state index is -0.626. The van der Waals surface area contributed by atoms with Gasteiger partial charge in [0.25, 0.3) is 0 Å². The summed E-state index contributed by atoms with van der Waals surface area (Å²) in [4.78, 5) is 15.3. The van der Waals surface area contributed by atoms with Crippen LogP contribution in [0.15, 0.2) is 18.2 Å². The third-order valence-corrected chi connectivity index (χ3v) is 2.17. The van der Waals surface area contributed by atoms with Gasteiger partial charge in [-0.15, -0.1) is 0 Å². The first-order valence-corrected chi connectivity index (χ1v) is 5.59. The van der Waals surface area contributed by atoms with Crippen molar-refractivity contribution in [2.24, 2.45) is 0 Å². The first-order valence-electron chi connectivity index (χ1n) is 5.59. The minimum absolute atomic E-state index is 0.260. The summed E-state index contributed by atoms with van der Waals surface area (Å²) >= 11 is 0. The number of pyridine rings is 1. The van der Waals surface area contributed by atoms with E-state index in [4.69, 9.17) is 9.47 Å². The number of methoxy groups -OCH3 is 1. The van der Waals surface area contributed by atoms with Crippen molar-refractivity contribution >= 4 is 12.0 Å². The van der Waals surface area contributed by atoms with E-state index in [-0.39, 0.29) is 6.61 Å². The zero-order valence-electron chi connectivity index (χ0n) is 10.5. The number of aromatic nitrogens is 1. The molecule has 0 aromatic carbocycles. The molecule has 0 fully saturated rings. The molecule has 0 N–H and O–H groups in total. The lowest BCUT2D eigenvalue weighted by atomic mass is 10.1. The highest BCUT2D eigenvalue weighted by molar-refractivity contribution is 5.87. The molecule has 0 bridgehead atoms. The third kappa shape index (κ3) is 4.25. The zero-order chi connectivity index (χ0) is 13.4. The lowest BCUT2D eigenvalue weighted by molar-refractivity contribution is -0.137. The van der Waals surface area contributed by atoms with Crippen LogP contribution >= 0.6 is 0 Å². The summed E-state index contributed by atoms with van der Waals surface area (Å²) in [6, 6.07) is 3.27. The largest absolute Gasteiger partial charge is 0.463 e. The molecular weight excluding hydrogens is 237 g/mol. The van der Waals surface area contributed by atoms with Crippen molar-refractivity contribution in [2.75, 3.05) is 13.7 Å². The number of alkyl halides is 1. The fraction of sp³-hybridized carbons (Fsp3) is 0.385. The van der Waals surface area contributed by atoms with Gasteiger partial charge in [-0.25, -0.2) is 9.18 Å². The number of nitrogens with zero attached hydrogens (tertiary/aromatic N) is 1. The topological polar surface area (TPSA) is 48.4 Å². The van der Waals surface area contributed by atoms with Crippen molar-refractivity contribution in [3.63, 3.8) is 0 Å². The van der Waals surface area contributed by atoms with E-state index >= 15 is 0 Å². The fourth-order valence-electron chi connectivity index (χ4n) is 1.38. The number of rotatable bonds is 6. The first kappa shape index (κ1) is 14.3. The molecular formula is C13H16FNO3. The molecule has 5 heteroatoms. The molecule has 0 spiro atoms. The molecule has 0 unspecified atom stereocenters. The number of halogens is 1. The highest BCUT2D eigenvalue weighted by Gasteiger charge is 2.04. The third-order valence-electron chi connectivity index (χ3n) is 2.17. The lowest BCUT2D eigenvalue weighted by Crippen LogP contribution is -2.01. The second-order valence-corrected chi connectivity index (χ2v) is 3.49. The van der Waals surface area contributed by atoms with Crippen molar-refractivity contribution in [1.29, 1.82) is 0 Å². The van der Waals surface area contributed by atoms with E-state index in [0.29, 0.717) is 23.6 Å². The number of carbonyl (C=O) groups is 1. The van der Waals surface area contributed by atoms with Gasteiger partial charge >= 0.3 is 5.97 Å². The maximum atomic E-state index is 12.5. The van der Waals surface area contributed by atoms with Crippen molar-refractivity contribution < 1.29 is 18.7 Å². The molecule has 0 saturated carbocycles. The average Bonchev–Trinajstić information content (AvgIpc) is 2.38. The normalized spacial score (nSPS) is 10.8. The molecule has 18 heavy (non-hydrogen) atoms. The van der Waals surface area contributed by atoms with E-state index < -0.39 is 12.6 Å². The maximum Gasteiger partial charge on any atom is 0.330 e. The van der Waals surface area contributed by atoms with Gasteiger partial charge in [-0.3, -0.25) is 4.98 Å². The van der Waals surface area contributed by atoms with E-state index in [0.717, 1.165) is 0 Å². The van der Waals surface area contributed by atoms with Gasteiger partial charge in [0, 0.05) is 13.2 Å². The highest BCUT2D eigenvalue weighted by atomic mass is 19.1. The molecule has 1 rings (SSSR count). The quantitative estimate of drug-likeness (QED) is 0.576. The van der Waals surface area contributed by atoms with Crippen LogP contribution in [0, 0.1) is 0 Å². The smallest absolute Gasteiger partial charge is 0.330 e. The molecule has 1 heterocycles. The Morgan fingerprint density at radius 3 is 2.89 bits per heavy atom. The second kappa shape index (κ2) is 7.55. The Morgan fingerprint density at radius 2 is 2.28 bits per heavy atom. The Labute approximate surface area is 105 Å². The molecule has 0 aliphatic carbocycles. The lowest BCUT2D eigenvalue weighted by Gasteiger charge is -2.05. The van der Waals surface area contributed by atoms with Gasteiger partial charge in [-0.2, -0.15) is 0 Å². The molecule has 0 saturated heterocycles. The number of carbonyl (C=O) groups excluding carboxylic acids is 1. The molecule has 0 amide bonds. The van der Waals surface area contributed by atoms with E-state index in [1.165, 1.54) is 13.2 Å². The van der Waals surface area contributed by atoms with Crippen molar-refractivity contribution in [3.05, 3.63) is 35.2 Å². The molecule has 4 nitrogen and oxygen atoms in total. The summed E-state index contributed by atoms with van der Waals surface area (Å²) in [7, 11) is 1.53. The Morgan fingerprint density at radius 1 is 1.50 bits per heavy atom. The predicted octanol–water partition coefficient (Wildman–Crippen LogP) is 2.27. The maximum absolute atomic E-state index is 12.5. The van der Waals surface area contributed by atoms with Gasteiger partial charge in [-0.1, -0.05) is 6.07 Å². The van der Waals surface area contributed by atoms with Crippen LogP contribution in [0.25, 0.3) is 6.08 Å². The van der Waals surface area contributed by atoms with Gasteiger partial charge in [0.15, 0.2) is 0 Å². The Hall–Kier alpha value is -1.75. The number of hydrogen-bond acceptors (Lipinski definition) is 4. The van der Waals surface area contributed by atoms with Crippen LogP contribution in [0.1, 0.15) is 23.9 Å². The molecule has 1 aromatic heterocycles. The minimum Gasteiger partial charge on any atom is -0.463 e. The van der Waals surface area contributed by atoms with Crippen LogP contribution in [0.3, 0.4) is 0 Å². The standard InChI is InChI=1S/C13H16FNO3/c1-3-18-13(16)7-5-10-4-6-11(8-14)15-12(10)9-17-2/h4-7H,3,8-9H2,1-2H3/b7-5+. The Balaban J connectivity index is 2.89. The van der Waals surface area contributed by atoms with Gasteiger partial charge in [0.2, 0.25) is 0 Å². The van der Waals surface area contributed by atoms with E-state index in [2.05, 4.69) is 4.98 Å². The molecule has 1 aromatic rings. The van der Waals surface area contributed by atoms with Crippen LogP contribution in [-0.2, 0) is 27.5 Å². The average molecular weight is 253 g/mol. The van der Waals surface area contributed by atoms with Crippen molar-refractivity contribution in [1.82, 2.24) is 4.98 Å². The van der Waals surface area contributed by atoms with Crippen molar-refractivity contribution in [3.8, 4) is 0 Å². The molecule has 0 aliphatic rings. The molecule has 0 aliphatic heterocycles. The predicted molar refractivity (Wildman–Crippen MR) is 65.4 cm³/mol. The van der Waals surface area contributed by atoms with E-state index in [9.17, 15) is 9.18 Å². The van der Waals surface area contributed by atoms with Crippen LogP contribution < -0.4 is 0 Å². The second-order valence-electron chi connectivity index (χ2n) is 3.49. The molecule has 98 valence electrons. The van der Waals surface area contributed by atoms with Crippen molar-refractivity contribution in [2.45, 2.75) is 20.2 Å². The number of ether oxygens (including phenoxy) is 2. The summed E-state index contributed by atoms with van der Waals surface area (Å²) in [5, 5.41) is 0. The summed E-state index contributed by atoms with van der Waals surface area (Å²) in [5.74, 6) is -0.421. The van der Waals surface area contributed by atoms with Crippen LogP contribution in [0.2, 0.25) is 0 Å². The SMILES string of the molecule is CCOC(=O)/C=C/c1ccc(CF)nc1COC. The number of esters is 1. The Bertz CT molecular complexity index is 432. The Kier molecular flexibility index (Phi) is 6.00. The van der Waals surface area contributed by atoms with Gasteiger partial charge in [-0.05, 0) is 24.6 Å². The van der Waals surface area contributed by atoms with Gasteiger partial charge < -0.3 is 9.47 Å². The van der Waals surface area contributed by atoms with Gasteiger partial charge in [0.1, 0.15) is 6.67 Å². The summed E-state index contributed by atoms with van der Waals surface area (Å²) in [5.41, 5.74) is 1.64. The summed E-state index contributed by atoms with van der Waals surface area (Å²) in [6.45, 7) is 1.70. The van der Waals surface area contributed by atoms with Crippen LogP contribution in [-0.4, -0.2) is 24.7 Å². The monoisotopic (exact) mass is 253 g/mol. The zero-order valence-corrected chi connectivity index (χ0v) is 10.5. The number of hydrogen-bond donors (Lipinski definition) is 0. The highest BCUT2D eigenvalue weighted by Crippen LogP contribution is 2.12. The van der Waals surface area contributed by atoms with E-state index in [1.54, 1.807) is 25.1 Å². The fourth-order valence-corrected chi connectivity index (χ4v) is 1.38. The summed E-state index contributed by atoms with van der Waals surface area (Å²) < 4.78 is 22.3. The van der Waals surface area contributed by atoms with Crippen LogP contribution in [0.4, 0.5) is 4.39 Å². The molecule has 0 radical (unpaired) electrons. The summed E-state index contributed by atoms with van der Waals surface area (Å²) in [6.07, 6.45) is 2.90. The van der Waals surface area contributed by atoms with Gasteiger partial charge in [0.05, 0.1) is 24.6 Å². The van der Waals surface area contributed by atoms with Crippen LogP contribution in [0.5, 0.6) is 0 Å².